The molecule has 11 heteroatoms. The van der Waals surface area contributed by atoms with Gasteiger partial charge in [-0.1, -0.05) is 6.07 Å². The minimum atomic E-state index is -0.850. The van der Waals surface area contributed by atoms with Crippen molar-refractivity contribution in [3.8, 4) is 0 Å². The highest BCUT2D eigenvalue weighted by Gasteiger charge is 2.32. The molecule has 6 amide bonds. The fourth-order valence-corrected chi connectivity index (χ4v) is 2.41. The maximum absolute atomic E-state index is 12.1. The van der Waals surface area contributed by atoms with E-state index in [4.69, 9.17) is 0 Å². The van der Waals surface area contributed by atoms with Gasteiger partial charge >= 0.3 is 0 Å². The van der Waals surface area contributed by atoms with E-state index < -0.39 is 35.4 Å². The molecular weight excluding hydrogens is 346 g/mol. The normalized spacial score (nSPS) is 17.1. The third-order valence-corrected chi connectivity index (χ3v) is 3.74. The number of hydrogen-bond acceptors (Lipinski definition) is 7. The first-order valence-electron chi connectivity index (χ1n) is 7.67. The number of hydrogen-bond donors (Lipinski definition) is 2. The van der Waals surface area contributed by atoms with Crippen molar-refractivity contribution >= 4 is 35.4 Å². The second-order valence-electron chi connectivity index (χ2n) is 5.54. The first kappa shape index (κ1) is 17.2. The average Bonchev–Trinajstić information content (AvgIpc) is 3.11. The Bertz CT molecular complexity index is 753. The van der Waals surface area contributed by atoms with Gasteiger partial charge in [0.1, 0.15) is 11.4 Å². The Morgan fingerprint density at radius 3 is 1.42 bits per heavy atom. The lowest BCUT2D eigenvalue weighted by Gasteiger charge is -2.16. The molecule has 2 aliphatic rings. The summed E-state index contributed by atoms with van der Waals surface area (Å²) < 4.78 is 0. The molecule has 0 unspecified atom stereocenters. The van der Waals surface area contributed by atoms with Gasteiger partial charge in [0.25, 0.3) is 11.8 Å². The first-order chi connectivity index (χ1) is 12.4. The number of pyridine rings is 1. The van der Waals surface area contributed by atoms with E-state index in [1.165, 1.54) is 18.2 Å². The van der Waals surface area contributed by atoms with Crippen molar-refractivity contribution in [3.63, 3.8) is 0 Å². The molecule has 2 aliphatic heterocycles. The van der Waals surface area contributed by atoms with Crippen molar-refractivity contribution in [2.24, 2.45) is 0 Å². The van der Waals surface area contributed by atoms with E-state index in [2.05, 4.69) is 15.8 Å². The Morgan fingerprint density at radius 1 is 0.731 bits per heavy atom. The lowest BCUT2D eigenvalue weighted by molar-refractivity contribution is -0.142. The SMILES string of the molecule is O=C(NN1C(=O)CCC1=O)c1cccc(C(=O)NN2C(=O)CCC2=O)n1. The summed E-state index contributed by atoms with van der Waals surface area (Å²) in [7, 11) is 0. The molecule has 0 saturated carbocycles. The van der Waals surface area contributed by atoms with Crippen LogP contribution in [0.2, 0.25) is 0 Å². The molecule has 2 N–H and O–H groups in total. The number of nitrogens with zero attached hydrogens (tertiary/aromatic N) is 3. The zero-order valence-corrected chi connectivity index (χ0v) is 13.4. The fourth-order valence-electron chi connectivity index (χ4n) is 2.41. The lowest BCUT2D eigenvalue weighted by Crippen LogP contribution is -2.46. The molecule has 2 fully saturated rings. The van der Waals surface area contributed by atoms with Crippen LogP contribution in [0.1, 0.15) is 46.7 Å². The molecule has 0 spiro atoms. The average molecular weight is 359 g/mol. The molecule has 1 aromatic rings. The Morgan fingerprint density at radius 2 is 1.08 bits per heavy atom. The summed E-state index contributed by atoms with van der Waals surface area (Å²) in [5, 5.41) is 1.22. The van der Waals surface area contributed by atoms with Gasteiger partial charge in [0, 0.05) is 25.7 Å². The van der Waals surface area contributed by atoms with Crippen LogP contribution >= 0.6 is 0 Å². The van der Waals surface area contributed by atoms with Gasteiger partial charge in [0.2, 0.25) is 23.6 Å². The van der Waals surface area contributed by atoms with Crippen LogP contribution in [0.4, 0.5) is 0 Å². The van der Waals surface area contributed by atoms with Gasteiger partial charge in [-0.2, -0.15) is 10.0 Å². The van der Waals surface area contributed by atoms with E-state index in [0.717, 1.165) is 0 Å². The molecule has 1 aromatic heterocycles. The molecule has 11 nitrogen and oxygen atoms in total. The largest absolute Gasteiger partial charge is 0.288 e. The first-order valence-corrected chi connectivity index (χ1v) is 7.67. The van der Waals surface area contributed by atoms with Crippen LogP contribution < -0.4 is 10.9 Å². The highest BCUT2D eigenvalue weighted by atomic mass is 16.2. The number of carbonyl (C=O) groups excluding carboxylic acids is 6. The van der Waals surface area contributed by atoms with Crippen LogP contribution in [0.5, 0.6) is 0 Å². The summed E-state index contributed by atoms with van der Waals surface area (Å²) in [6, 6.07) is 3.92. The molecule has 0 aromatic carbocycles. The maximum atomic E-state index is 12.1. The zero-order valence-electron chi connectivity index (χ0n) is 13.4. The summed E-state index contributed by atoms with van der Waals surface area (Å²) >= 11 is 0. The van der Waals surface area contributed by atoms with Crippen molar-refractivity contribution in [1.82, 2.24) is 25.9 Å². The number of aromatic nitrogens is 1. The van der Waals surface area contributed by atoms with E-state index in [0.29, 0.717) is 10.0 Å². The maximum Gasteiger partial charge on any atom is 0.288 e. The smallest absolute Gasteiger partial charge is 0.273 e. The minimum absolute atomic E-state index is 0.00682. The van der Waals surface area contributed by atoms with Gasteiger partial charge in [0.05, 0.1) is 0 Å². The third-order valence-electron chi connectivity index (χ3n) is 3.74. The van der Waals surface area contributed by atoms with Gasteiger partial charge in [-0.3, -0.25) is 39.6 Å². The molecule has 0 bridgehead atoms. The van der Waals surface area contributed by atoms with Gasteiger partial charge in [-0.25, -0.2) is 4.98 Å². The Kier molecular flexibility index (Phi) is 4.43. The fraction of sp³-hybridized carbons (Fsp3) is 0.267. The summed E-state index contributed by atoms with van der Waals surface area (Å²) in [5.41, 5.74) is 3.82. The topological polar surface area (TPSA) is 146 Å². The molecule has 3 heterocycles. The van der Waals surface area contributed by atoms with Crippen molar-refractivity contribution < 1.29 is 28.8 Å². The number of amides is 6. The van der Waals surface area contributed by atoms with Crippen LogP contribution in [0.25, 0.3) is 0 Å². The van der Waals surface area contributed by atoms with E-state index in [9.17, 15) is 28.8 Å². The standard InChI is InChI=1S/C15H13N5O6/c21-10-4-5-11(22)19(10)17-14(25)8-2-1-3-9(16-8)15(26)18-20-12(23)6-7-13(20)24/h1-3H,4-7H2,(H,17,25)(H,18,26). The van der Waals surface area contributed by atoms with Crippen LogP contribution in [-0.2, 0) is 19.2 Å². The van der Waals surface area contributed by atoms with Gasteiger partial charge in [-0.15, -0.1) is 0 Å². The van der Waals surface area contributed by atoms with Crippen molar-refractivity contribution in [1.29, 1.82) is 0 Å². The van der Waals surface area contributed by atoms with Gasteiger partial charge in [-0.05, 0) is 12.1 Å². The Labute approximate surface area is 146 Å². The van der Waals surface area contributed by atoms with Gasteiger partial charge < -0.3 is 0 Å². The Hall–Kier alpha value is -3.63. The van der Waals surface area contributed by atoms with Crippen molar-refractivity contribution in [3.05, 3.63) is 29.6 Å². The molecule has 0 aliphatic carbocycles. The predicted octanol–water partition coefficient (Wildman–Crippen LogP) is -1.33. The number of nitrogens with one attached hydrogen (secondary N) is 2. The predicted molar refractivity (Wildman–Crippen MR) is 81.3 cm³/mol. The number of imide groups is 2. The molecule has 3 rings (SSSR count). The quantitative estimate of drug-likeness (QED) is 0.633. The molecular formula is C15H13N5O6. The highest BCUT2D eigenvalue weighted by Crippen LogP contribution is 2.11. The van der Waals surface area contributed by atoms with E-state index in [1.54, 1.807) is 0 Å². The lowest BCUT2D eigenvalue weighted by atomic mass is 10.3. The van der Waals surface area contributed by atoms with E-state index in [1.807, 2.05) is 0 Å². The summed E-state index contributed by atoms with van der Waals surface area (Å²) in [6.07, 6.45) is 0.0273. The minimum Gasteiger partial charge on any atom is -0.273 e. The summed E-state index contributed by atoms with van der Waals surface area (Å²) in [6.45, 7) is 0. The van der Waals surface area contributed by atoms with Crippen LogP contribution in [0.15, 0.2) is 18.2 Å². The van der Waals surface area contributed by atoms with Gasteiger partial charge in [0.15, 0.2) is 0 Å². The number of carbonyl (C=O) groups is 6. The van der Waals surface area contributed by atoms with Crippen LogP contribution in [0, 0.1) is 0 Å². The Balaban J connectivity index is 1.71. The highest BCUT2D eigenvalue weighted by molar-refractivity contribution is 6.06. The second kappa shape index (κ2) is 6.70. The van der Waals surface area contributed by atoms with E-state index in [-0.39, 0.29) is 37.1 Å². The summed E-state index contributed by atoms with van der Waals surface area (Å²) in [4.78, 5) is 74.2. The molecule has 26 heavy (non-hydrogen) atoms. The van der Waals surface area contributed by atoms with Crippen molar-refractivity contribution in [2.45, 2.75) is 25.7 Å². The molecule has 0 atom stereocenters. The molecule has 134 valence electrons. The molecule has 2 saturated heterocycles. The number of rotatable bonds is 4. The second-order valence-corrected chi connectivity index (χ2v) is 5.54. The zero-order chi connectivity index (χ0) is 18.8. The van der Waals surface area contributed by atoms with Crippen molar-refractivity contribution in [2.75, 3.05) is 0 Å². The third kappa shape index (κ3) is 3.27. The van der Waals surface area contributed by atoms with Crippen LogP contribution in [-0.4, -0.2) is 50.4 Å². The summed E-state index contributed by atoms with van der Waals surface area (Å²) in [5.74, 6) is -3.86. The monoisotopic (exact) mass is 359 g/mol. The van der Waals surface area contributed by atoms with E-state index >= 15 is 0 Å². The van der Waals surface area contributed by atoms with Crippen LogP contribution in [0.3, 0.4) is 0 Å². The number of hydrazine groups is 2. The molecule has 0 radical (unpaired) electrons.